The molecule has 4 nitrogen and oxygen atoms in total. The van der Waals surface area contributed by atoms with Crippen molar-refractivity contribution in [2.45, 2.75) is 6.54 Å². The van der Waals surface area contributed by atoms with Gasteiger partial charge in [0.25, 0.3) is 0 Å². The quantitative estimate of drug-likeness (QED) is 0.515. The number of fused-ring (bicyclic) bond motifs is 3. The van der Waals surface area contributed by atoms with Crippen molar-refractivity contribution in [3.63, 3.8) is 0 Å². The Morgan fingerprint density at radius 1 is 1.00 bits per heavy atom. The van der Waals surface area contributed by atoms with E-state index < -0.39 is 0 Å². The lowest BCUT2D eigenvalue weighted by Crippen LogP contribution is -2.11. The van der Waals surface area contributed by atoms with Crippen LogP contribution in [0.4, 0.5) is 0 Å². The molecule has 0 radical (unpaired) electrons. The maximum atomic E-state index is 13.2. The van der Waals surface area contributed by atoms with E-state index in [1.807, 2.05) is 79.2 Å². The van der Waals surface area contributed by atoms with Gasteiger partial charge in [-0.3, -0.25) is 4.79 Å². The predicted molar refractivity (Wildman–Crippen MR) is 107 cm³/mol. The van der Waals surface area contributed by atoms with E-state index in [4.69, 9.17) is 0 Å². The van der Waals surface area contributed by atoms with E-state index in [9.17, 15) is 10.1 Å². The van der Waals surface area contributed by atoms with Crippen LogP contribution < -0.4 is 0 Å². The molecule has 2 heterocycles. The molecule has 0 fully saturated rings. The number of hydrogen-bond acceptors (Lipinski definition) is 3. The van der Waals surface area contributed by atoms with Gasteiger partial charge in [0.15, 0.2) is 0 Å². The number of aromatic nitrogens is 1. The zero-order chi connectivity index (χ0) is 19.0. The lowest BCUT2D eigenvalue weighted by Gasteiger charge is -2.10. The molecule has 4 rings (SSSR count). The fraction of sp³-hybridized carbons (Fsp3) is 0.130. The summed E-state index contributed by atoms with van der Waals surface area (Å²) < 4.78 is 1.89. The number of benzene rings is 2. The Balaban J connectivity index is 1.87. The summed E-state index contributed by atoms with van der Waals surface area (Å²) >= 11 is 0. The standard InChI is InChI=1S/C23H19N3O/c1-25(2)15-16-7-9-18(10-8-16)23(27)22-13-19(14-24)21-12-11-17-5-3-4-6-20(17)26(21)22/h3-13H,15H2,1-2H3. The van der Waals surface area contributed by atoms with Crippen molar-refractivity contribution in [3.8, 4) is 6.07 Å². The third-order valence-electron chi connectivity index (χ3n) is 4.71. The van der Waals surface area contributed by atoms with Crippen LogP contribution >= 0.6 is 0 Å². The number of nitrogens with zero attached hydrogens (tertiary/aromatic N) is 3. The van der Waals surface area contributed by atoms with Crippen LogP contribution in [0.1, 0.15) is 27.2 Å². The van der Waals surface area contributed by atoms with Crippen molar-refractivity contribution in [2.75, 3.05) is 14.1 Å². The number of ketones is 1. The fourth-order valence-corrected chi connectivity index (χ4v) is 3.48. The van der Waals surface area contributed by atoms with Gasteiger partial charge in [0.05, 0.1) is 22.3 Å². The van der Waals surface area contributed by atoms with Gasteiger partial charge in [-0.1, -0.05) is 48.5 Å². The van der Waals surface area contributed by atoms with Gasteiger partial charge in [0, 0.05) is 12.1 Å². The molecule has 2 aromatic carbocycles. The second-order valence-electron chi connectivity index (χ2n) is 6.93. The van der Waals surface area contributed by atoms with E-state index in [0.29, 0.717) is 16.8 Å². The zero-order valence-electron chi connectivity index (χ0n) is 15.3. The molecule has 0 unspecified atom stereocenters. The Bertz CT molecular complexity index is 1190. The fourth-order valence-electron chi connectivity index (χ4n) is 3.48. The Hall–Kier alpha value is -3.42. The smallest absolute Gasteiger partial charge is 0.209 e. The van der Waals surface area contributed by atoms with Crippen LogP contribution in [-0.4, -0.2) is 29.2 Å². The molecule has 2 aromatic heterocycles. The minimum Gasteiger partial charge on any atom is -0.305 e. The van der Waals surface area contributed by atoms with Gasteiger partial charge in [-0.05, 0) is 43.2 Å². The number of pyridine rings is 1. The number of rotatable bonds is 4. The van der Waals surface area contributed by atoms with Crippen LogP contribution in [0.2, 0.25) is 0 Å². The average Bonchev–Trinajstić information content (AvgIpc) is 3.07. The van der Waals surface area contributed by atoms with Crippen LogP contribution in [0, 0.1) is 11.3 Å². The Labute approximate surface area is 157 Å². The van der Waals surface area contributed by atoms with E-state index in [2.05, 4.69) is 11.0 Å². The van der Waals surface area contributed by atoms with Crippen LogP contribution in [0.5, 0.6) is 0 Å². The first-order valence-electron chi connectivity index (χ1n) is 8.80. The molecule has 4 heteroatoms. The molecule has 0 N–H and O–H groups in total. The van der Waals surface area contributed by atoms with Gasteiger partial charge in [-0.2, -0.15) is 5.26 Å². The van der Waals surface area contributed by atoms with Crippen LogP contribution in [0.3, 0.4) is 0 Å². The first-order valence-corrected chi connectivity index (χ1v) is 8.80. The topological polar surface area (TPSA) is 48.5 Å². The molecule has 4 aromatic rings. The van der Waals surface area contributed by atoms with Crippen LogP contribution in [-0.2, 0) is 6.54 Å². The summed E-state index contributed by atoms with van der Waals surface area (Å²) in [5.41, 5.74) is 4.47. The van der Waals surface area contributed by atoms with Gasteiger partial charge in [-0.25, -0.2) is 0 Å². The first kappa shape index (κ1) is 17.0. The molecule has 0 amide bonds. The van der Waals surface area contributed by atoms with E-state index in [-0.39, 0.29) is 5.78 Å². The second-order valence-corrected chi connectivity index (χ2v) is 6.93. The maximum Gasteiger partial charge on any atom is 0.209 e. The van der Waals surface area contributed by atoms with Crippen molar-refractivity contribution >= 4 is 22.2 Å². The molecule has 0 spiro atoms. The predicted octanol–water partition coefficient (Wildman–Crippen LogP) is 4.26. The highest BCUT2D eigenvalue weighted by atomic mass is 16.1. The minimum absolute atomic E-state index is 0.0840. The molecule has 0 aliphatic carbocycles. The lowest BCUT2D eigenvalue weighted by molar-refractivity contribution is 0.103. The molecular weight excluding hydrogens is 334 g/mol. The zero-order valence-corrected chi connectivity index (χ0v) is 15.3. The van der Waals surface area contributed by atoms with E-state index in [1.165, 1.54) is 0 Å². The highest BCUT2D eigenvalue weighted by molar-refractivity contribution is 6.10. The minimum atomic E-state index is -0.0840. The first-order chi connectivity index (χ1) is 13.1. The number of hydrogen-bond donors (Lipinski definition) is 0. The number of carbonyl (C=O) groups is 1. The number of para-hydroxylation sites is 1. The van der Waals surface area contributed by atoms with Crippen molar-refractivity contribution in [1.82, 2.24) is 9.30 Å². The molecular formula is C23H19N3O. The molecule has 0 saturated carbocycles. The largest absolute Gasteiger partial charge is 0.305 e. The van der Waals surface area contributed by atoms with Gasteiger partial charge in [-0.15, -0.1) is 0 Å². The van der Waals surface area contributed by atoms with Gasteiger partial charge >= 0.3 is 0 Å². The third kappa shape index (κ3) is 2.99. The number of nitriles is 1. The SMILES string of the molecule is CN(C)Cc1ccc(C(=O)c2cc(C#N)c3ccc4ccccc4n23)cc1. The van der Waals surface area contributed by atoms with Crippen molar-refractivity contribution in [2.24, 2.45) is 0 Å². The van der Waals surface area contributed by atoms with Crippen molar-refractivity contribution in [3.05, 3.63) is 89.1 Å². The summed E-state index contributed by atoms with van der Waals surface area (Å²) in [5.74, 6) is -0.0840. The van der Waals surface area contributed by atoms with Gasteiger partial charge < -0.3 is 9.30 Å². The van der Waals surface area contributed by atoms with E-state index in [0.717, 1.165) is 28.5 Å². The second kappa shape index (κ2) is 6.71. The molecule has 0 aliphatic rings. The molecule has 27 heavy (non-hydrogen) atoms. The summed E-state index contributed by atoms with van der Waals surface area (Å²) in [6, 6.07) is 23.3. The summed E-state index contributed by atoms with van der Waals surface area (Å²) in [6.07, 6.45) is 0. The Kier molecular flexibility index (Phi) is 4.23. The van der Waals surface area contributed by atoms with Crippen LogP contribution in [0.15, 0.2) is 66.7 Å². The third-order valence-corrected chi connectivity index (χ3v) is 4.71. The molecule has 0 bridgehead atoms. The van der Waals surface area contributed by atoms with E-state index in [1.54, 1.807) is 6.07 Å². The Morgan fingerprint density at radius 2 is 1.74 bits per heavy atom. The molecule has 0 aliphatic heterocycles. The summed E-state index contributed by atoms with van der Waals surface area (Å²) in [6.45, 7) is 0.825. The lowest BCUT2D eigenvalue weighted by atomic mass is 10.1. The molecule has 0 atom stereocenters. The summed E-state index contributed by atoms with van der Waals surface area (Å²) in [7, 11) is 4.03. The highest BCUT2D eigenvalue weighted by Gasteiger charge is 2.18. The van der Waals surface area contributed by atoms with Crippen molar-refractivity contribution in [1.29, 1.82) is 5.26 Å². The summed E-state index contributed by atoms with van der Waals surface area (Å²) in [5, 5.41) is 10.5. The van der Waals surface area contributed by atoms with Gasteiger partial charge in [0.2, 0.25) is 5.78 Å². The monoisotopic (exact) mass is 353 g/mol. The molecule has 132 valence electrons. The Morgan fingerprint density at radius 3 is 2.44 bits per heavy atom. The maximum absolute atomic E-state index is 13.2. The van der Waals surface area contributed by atoms with Crippen molar-refractivity contribution < 1.29 is 4.79 Å². The highest BCUT2D eigenvalue weighted by Crippen LogP contribution is 2.25. The van der Waals surface area contributed by atoms with Gasteiger partial charge in [0.1, 0.15) is 6.07 Å². The van der Waals surface area contributed by atoms with Crippen LogP contribution in [0.25, 0.3) is 16.4 Å². The van der Waals surface area contributed by atoms with E-state index >= 15 is 0 Å². The average molecular weight is 353 g/mol. The molecule has 0 saturated heterocycles. The normalized spacial score (nSPS) is 11.2. The summed E-state index contributed by atoms with van der Waals surface area (Å²) in [4.78, 5) is 15.3. The number of carbonyl (C=O) groups excluding carboxylic acids is 1.